The van der Waals surface area contributed by atoms with E-state index in [4.69, 9.17) is 10.00 Å². The smallest absolute Gasteiger partial charge is 0.193 e. The van der Waals surface area contributed by atoms with E-state index in [0.717, 1.165) is 6.42 Å². The lowest BCUT2D eigenvalue weighted by Gasteiger charge is -2.06. The lowest BCUT2D eigenvalue weighted by atomic mass is 9.99. The molecule has 0 amide bonds. The fraction of sp³-hybridized carbons (Fsp3) is 0.455. The first-order chi connectivity index (χ1) is 7.24. The molecule has 0 aliphatic heterocycles. The Kier molecular flexibility index (Phi) is 4.32. The van der Waals surface area contributed by atoms with Crippen molar-refractivity contribution < 1.29 is 9.53 Å². The van der Waals surface area contributed by atoms with Crippen molar-refractivity contribution in [1.82, 2.24) is 0 Å². The van der Waals surface area contributed by atoms with Gasteiger partial charge in [0.25, 0.3) is 0 Å². The average molecular weight is 223 g/mol. The number of carbonyl (C=O) groups excluding carboxylic acids is 1. The Labute approximate surface area is 93.3 Å². The molecule has 80 valence electrons. The molecule has 0 N–H and O–H groups in total. The highest BCUT2D eigenvalue weighted by atomic mass is 32.1. The summed E-state index contributed by atoms with van der Waals surface area (Å²) in [5.41, 5.74) is 0. The van der Waals surface area contributed by atoms with E-state index >= 15 is 0 Å². The number of hydrogen-bond acceptors (Lipinski definition) is 4. The van der Waals surface area contributed by atoms with Crippen LogP contribution in [0.25, 0.3) is 0 Å². The fourth-order valence-electron chi connectivity index (χ4n) is 1.34. The summed E-state index contributed by atoms with van der Waals surface area (Å²) >= 11 is 1.33. The van der Waals surface area contributed by atoms with Gasteiger partial charge in [0, 0.05) is 0 Å². The number of rotatable bonds is 5. The van der Waals surface area contributed by atoms with Gasteiger partial charge in [-0.15, -0.1) is 11.3 Å². The highest BCUT2D eigenvalue weighted by Crippen LogP contribution is 2.28. The van der Waals surface area contributed by atoms with Crippen molar-refractivity contribution in [3.05, 3.63) is 16.3 Å². The van der Waals surface area contributed by atoms with Crippen LogP contribution in [0.5, 0.6) is 5.75 Å². The van der Waals surface area contributed by atoms with Crippen molar-refractivity contribution in [3.8, 4) is 11.8 Å². The molecule has 1 atom stereocenters. The summed E-state index contributed by atoms with van der Waals surface area (Å²) in [7, 11) is 1.53. The molecule has 0 saturated heterocycles. The summed E-state index contributed by atoms with van der Waals surface area (Å²) in [6, 6.07) is 3.79. The number of Topliss-reactive ketones (excluding diaryl/α,β-unsaturated/α-hetero) is 1. The molecule has 0 fully saturated rings. The van der Waals surface area contributed by atoms with E-state index in [2.05, 4.69) is 0 Å². The molecule has 0 aliphatic carbocycles. The first-order valence-corrected chi connectivity index (χ1v) is 5.67. The van der Waals surface area contributed by atoms with Crippen LogP contribution in [0, 0.1) is 17.2 Å². The fourth-order valence-corrected chi connectivity index (χ4v) is 2.19. The maximum atomic E-state index is 11.9. The first-order valence-electron chi connectivity index (χ1n) is 4.79. The van der Waals surface area contributed by atoms with Gasteiger partial charge in [-0.1, -0.05) is 13.3 Å². The number of nitriles is 1. The maximum Gasteiger partial charge on any atom is 0.193 e. The minimum absolute atomic E-state index is 0.119. The van der Waals surface area contributed by atoms with Crippen LogP contribution in [0.3, 0.4) is 0 Å². The van der Waals surface area contributed by atoms with E-state index in [0.29, 0.717) is 17.0 Å². The monoisotopic (exact) mass is 223 g/mol. The number of thiophene rings is 1. The zero-order chi connectivity index (χ0) is 11.3. The van der Waals surface area contributed by atoms with Crippen LogP contribution in [0.15, 0.2) is 11.4 Å². The topological polar surface area (TPSA) is 50.1 Å². The molecule has 0 aromatic carbocycles. The molecule has 1 aromatic rings. The van der Waals surface area contributed by atoms with E-state index in [1.165, 1.54) is 18.4 Å². The Bertz CT molecular complexity index is 378. The van der Waals surface area contributed by atoms with Crippen LogP contribution < -0.4 is 4.74 Å². The number of methoxy groups -OCH3 is 1. The Morgan fingerprint density at radius 1 is 1.73 bits per heavy atom. The molecule has 0 aliphatic rings. The Hall–Kier alpha value is -1.34. The number of ketones is 1. The van der Waals surface area contributed by atoms with Gasteiger partial charge in [-0.3, -0.25) is 4.79 Å². The Morgan fingerprint density at radius 3 is 3.00 bits per heavy atom. The molecular formula is C11H13NO2S. The average Bonchev–Trinajstić information content (AvgIpc) is 2.72. The molecule has 0 radical (unpaired) electrons. The van der Waals surface area contributed by atoms with Crippen LogP contribution in [0.4, 0.5) is 0 Å². The van der Waals surface area contributed by atoms with Gasteiger partial charge in [0.05, 0.1) is 13.2 Å². The molecule has 1 rings (SSSR count). The molecule has 1 aromatic heterocycles. The van der Waals surface area contributed by atoms with Gasteiger partial charge < -0.3 is 4.74 Å². The third kappa shape index (κ3) is 2.57. The van der Waals surface area contributed by atoms with Crippen molar-refractivity contribution in [2.45, 2.75) is 19.8 Å². The highest BCUT2D eigenvalue weighted by Gasteiger charge is 2.22. The van der Waals surface area contributed by atoms with Crippen molar-refractivity contribution in [2.75, 3.05) is 7.11 Å². The van der Waals surface area contributed by atoms with Crippen LogP contribution in [0.2, 0.25) is 0 Å². The SMILES string of the molecule is CCCC(C#N)C(=O)c1sccc1OC. The number of hydrogen-bond donors (Lipinski definition) is 0. The van der Waals surface area contributed by atoms with E-state index in [9.17, 15) is 4.79 Å². The van der Waals surface area contributed by atoms with E-state index < -0.39 is 5.92 Å². The van der Waals surface area contributed by atoms with Crippen LogP contribution in [-0.2, 0) is 0 Å². The molecule has 1 unspecified atom stereocenters. The lowest BCUT2D eigenvalue weighted by molar-refractivity contribution is 0.0945. The zero-order valence-corrected chi connectivity index (χ0v) is 9.63. The first kappa shape index (κ1) is 11.7. The molecule has 0 saturated carbocycles. The quantitative estimate of drug-likeness (QED) is 0.721. The van der Waals surface area contributed by atoms with Gasteiger partial charge in [-0.2, -0.15) is 5.26 Å². The van der Waals surface area contributed by atoms with E-state index in [-0.39, 0.29) is 5.78 Å². The highest BCUT2D eigenvalue weighted by molar-refractivity contribution is 7.12. The summed E-state index contributed by atoms with van der Waals surface area (Å²) in [5, 5.41) is 10.7. The summed E-state index contributed by atoms with van der Waals surface area (Å²) < 4.78 is 5.06. The van der Waals surface area contributed by atoms with Gasteiger partial charge in [0.2, 0.25) is 0 Å². The predicted molar refractivity (Wildman–Crippen MR) is 59.2 cm³/mol. The van der Waals surface area contributed by atoms with Gasteiger partial charge in [-0.05, 0) is 17.9 Å². The van der Waals surface area contributed by atoms with E-state index in [1.807, 2.05) is 13.0 Å². The number of ether oxygens (including phenoxy) is 1. The van der Waals surface area contributed by atoms with Gasteiger partial charge in [0.1, 0.15) is 16.5 Å². The number of carbonyl (C=O) groups is 1. The van der Waals surface area contributed by atoms with Gasteiger partial charge >= 0.3 is 0 Å². The molecule has 0 spiro atoms. The second-order valence-corrected chi connectivity index (χ2v) is 4.07. The van der Waals surface area contributed by atoms with Crippen molar-refractivity contribution in [1.29, 1.82) is 5.26 Å². The van der Waals surface area contributed by atoms with Crippen molar-refractivity contribution in [3.63, 3.8) is 0 Å². The maximum absolute atomic E-state index is 11.9. The molecule has 3 nitrogen and oxygen atoms in total. The van der Waals surface area contributed by atoms with Gasteiger partial charge in [-0.25, -0.2) is 0 Å². The normalized spacial score (nSPS) is 11.8. The molecule has 0 bridgehead atoms. The standard InChI is InChI=1S/C11H13NO2S/c1-3-4-8(7-12)10(13)11-9(14-2)5-6-15-11/h5-6,8H,3-4H2,1-2H3. The third-order valence-corrected chi connectivity index (χ3v) is 3.03. The van der Waals surface area contributed by atoms with Crippen molar-refractivity contribution in [2.24, 2.45) is 5.92 Å². The molecule has 1 heterocycles. The van der Waals surface area contributed by atoms with Gasteiger partial charge in [0.15, 0.2) is 5.78 Å². The minimum Gasteiger partial charge on any atom is -0.495 e. The zero-order valence-electron chi connectivity index (χ0n) is 8.82. The molecular weight excluding hydrogens is 210 g/mol. The number of nitrogens with zero attached hydrogens (tertiary/aromatic N) is 1. The van der Waals surface area contributed by atoms with Crippen molar-refractivity contribution >= 4 is 17.1 Å². The Morgan fingerprint density at radius 2 is 2.47 bits per heavy atom. The molecule has 4 heteroatoms. The second kappa shape index (κ2) is 5.52. The largest absolute Gasteiger partial charge is 0.495 e. The summed E-state index contributed by atoms with van der Waals surface area (Å²) in [4.78, 5) is 12.5. The third-order valence-electron chi connectivity index (χ3n) is 2.12. The second-order valence-electron chi connectivity index (χ2n) is 3.15. The minimum atomic E-state index is -0.539. The Balaban J connectivity index is 2.88. The van der Waals surface area contributed by atoms with Crippen LogP contribution in [-0.4, -0.2) is 12.9 Å². The van der Waals surface area contributed by atoms with Crippen LogP contribution >= 0.6 is 11.3 Å². The predicted octanol–water partition coefficient (Wildman–Crippen LogP) is 2.88. The summed E-state index contributed by atoms with van der Waals surface area (Å²) in [6.07, 6.45) is 1.44. The summed E-state index contributed by atoms with van der Waals surface area (Å²) in [5.74, 6) is -0.0879. The summed E-state index contributed by atoms with van der Waals surface area (Å²) in [6.45, 7) is 1.96. The van der Waals surface area contributed by atoms with E-state index in [1.54, 1.807) is 11.4 Å². The van der Waals surface area contributed by atoms with Crippen LogP contribution in [0.1, 0.15) is 29.4 Å². The lowest BCUT2D eigenvalue weighted by Crippen LogP contribution is -2.12. The molecule has 15 heavy (non-hydrogen) atoms.